The van der Waals surface area contributed by atoms with E-state index in [1.165, 1.54) is 22.5 Å². The minimum atomic E-state index is -3.14. The summed E-state index contributed by atoms with van der Waals surface area (Å²) in [6, 6.07) is 7.54. The van der Waals surface area contributed by atoms with E-state index >= 15 is 0 Å². The molecule has 1 aromatic rings. The third-order valence-corrected chi connectivity index (χ3v) is 6.90. The van der Waals surface area contributed by atoms with Gasteiger partial charge in [0.05, 0.1) is 5.75 Å². The quantitative estimate of drug-likeness (QED) is 0.620. The molecular weight excluding hydrogens is 292 g/mol. The van der Waals surface area contributed by atoms with Gasteiger partial charge in [-0.15, -0.1) is 11.8 Å². The van der Waals surface area contributed by atoms with Crippen LogP contribution in [-0.4, -0.2) is 37.8 Å². The fourth-order valence-electron chi connectivity index (χ4n) is 2.18. The molecule has 0 atom stereocenters. The molecule has 1 saturated carbocycles. The molecule has 0 amide bonds. The standard InChI is InChI=1S/C14H22N2O2S2/c1-16(11-12-5-4-6-12)20(17,18)10-9-19-14-8-3-2-7-13(14)15/h2-3,7-8,12H,4-6,9-11,15H2,1H3. The second-order valence-electron chi connectivity index (χ2n) is 5.28. The number of benzene rings is 1. The number of rotatable bonds is 7. The molecule has 112 valence electrons. The van der Waals surface area contributed by atoms with Gasteiger partial charge in [-0.25, -0.2) is 12.7 Å². The predicted octanol–water partition coefficient (Wildman–Crippen LogP) is 2.42. The van der Waals surface area contributed by atoms with Crippen LogP contribution in [0.3, 0.4) is 0 Å². The van der Waals surface area contributed by atoms with Crippen LogP contribution in [0.2, 0.25) is 0 Å². The maximum Gasteiger partial charge on any atom is 0.214 e. The van der Waals surface area contributed by atoms with Crippen LogP contribution in [0.4, 0.5) is 5.69 Å². The van der Waals surface area contributed by atoms with E-state index in [1.54, 1.807) is 7.05 Å². The van der Waals surface area contributed by atoms with Crippen LogP contribution < -0.4 is 5.73 Å². The van der Waals surface area contributed by atoms with Crippen molar-refractivity contribution in [2.24, 2.45) is 5.92 Å². The first kappa shape index (κ1) is 15.7. The Balaban J connectivity index is 1.81. The Hall–Kier alpha value is -0.720. The molecule has 0 unspecified atom stereocenters. The summed E-state index contributed by atoms with van der Waals surface area (Å²) in [6.07, 6.45) is 3.56. The Labute approximate surface area is 125 Å². The molecular formula is C14H22N2O2S2. The second-order valence-corrected chi connectivity index (χ2v) is 8.61. The third-order valence-electron chi connectivity index (χ3n) is 3.73. The summed E-state index contributed by atoms with van der Waals surface area (Å²) in [7, 11) is -1.45. The van der Waals surface area contributed by atoms with Crippen LogP contribution in [0.5, 0.6) is 0 Å². The summed E-state index contributed by atoms with van der Waals surface area (Å²) in [6.45, 7) is 0.667. The average Bonchev–Trinajstić information content (AvgIpc) is 2.35. The summed E-state index contributed by atoms with van der Waals surface area (Å²) >= 11 is 1.50. The molecule has 0 heterocycles. The number of hydrogen-bond donors (Lipinski definition) is 1. The largest absolute Gasteiger partial charge is 0.398 e. The first-order valence-electron chi connectivity index (χ1n) is 6.90. The molecule has 1 aliphatic rings. The smallest absolute Gasteiger partial charge is 0.214 e. The Morgan fingerprint density at radius 3 is 2.65 bits per heavy atom. The van der Waals surface area contributed by atoms with E-state index in [-0.39, 0.29) is 5.75 Å². The van der Waals surface area contributed by atoms with Gasteiger partial charge in [0, 0.05) is 29.9 Å². The van der Waals surface area contributed by atoms with Crippen LogP contribution in [0.15, 0.2) is 29.2 Å². The number of anilines is 1. The maximum atomic E-state index is 12.2. The first-order chi connectivity index (χ1) is 9.49. The van der Waals surface area contributed by atoms with Crippen molar-refractivity contribution in [1.82, 2.24) is 4.31 Å². The monoisotopic (exact) mass is 314 g/mol. The topological polar surface area (TPSA) is 63.4 Å². The van der Waals surface area contributed by atoms with E-state index in [0.29, 0.717) is 23.9 Å². The zero-order valence-corrected chi connectivity index (χ0v) is 13.4. The van der Waals surface area contributed by atoms with Gasteiger partial charge in [0.25, 0.3) is 0 Å². The van der Waals surface area contributed by atoms with Crippen molar-refractivity contribution in [2.45, 2.75) is 24.2 Å². The highest BCUT2D eigenvalue weighted by Crippen LogP contribution is 2.28. The molecule has 4 nitrogen and oxygen atoms in total. The zero-order chi connectivity index (χ0) is 14.6. The zero-order valence-electron chi connectivity index (χ0n) is 11.8. The van der Waals surface area contributed by atoms with Crippen LogP contribution in [0.25, 0.3) is 0 Å². The number of para-hydroxylation sites is 1. The molecule has 2 rings (SSSR count). The van der Waals surface area contributed by atoms with Gasteiger partial charge in [0.2, 0.25) is 10.0 Å². The van der Waals surface area contributed by atoms with E-state index < -0.39 is 10.0 Å². The molecule has 0 spiro atoms. The highest BCUT2D eigenvalue weighted by molar-refractivity contribution is 8.00. The van der Waals surface area contributed by atoms with Gasteiger partial charge in [-0.1, -0.05) is 18.6 Å². The summed E-state index contributed by atoms with van der Waals surface area (Å²) in [5, 5.41) is 0. The number of nitrogens with zero attached hydrogens (tertiary/aromatic N) is 1. The van der Waals surface area contributed by atoms with Gasteiger partial charge in [-0.3, -0.25) is 0 Å². The average molecular weight is 314 g/mol. The number of hydrogen-bond acceptors (Lipinski definition) is 4. The lowest BCUT2D eigenvalue weighted by Crippen LogP contribution is -2.36. The lowest BCUT2D eigenvalue weighted by atomic mass is 9.86. The highest BCUT2D eigenvalue weighted by atomic mass is 32.2. The van der Waals surface area contributed by atoms with Gasteiger partial charge in [-0.2, -0.15) is 0 Å². The van der Waals surface area contributed by atoms with Gasteiger partial charge in [0.1, 0.15) is 0 Å². The summed E-state index contributed by atoms with van der Waals surface area (Å²) in [5.74, 6) is 1.26. The van der Waals surface area contributed by atoms with Crippen molar-refractivity contribution >= 4 is 27.5 Å². The summed E-state index contributed by atoms with van der Waals surface area (Å²) < 4.78 is 25.8. The van der Waals surface area contributed by atoms with E-state index in [1.807, 2.05) is 24.3 Å². The highest BCUT2D eigenvalue weighted by Gasteiger charge is 2.25. The van der Waals surface area contributed by atoms with Crippen molar-refractivity contribution in [1.29, 1.82) is 0 Å². The molecule has 20 heavy (non-hydrogen) atoms. The van der Waals surface area contributed by atoms with Crippen LogP contribution >= 0.6 is 11.8 Å². The van der Waals surface area contributed by atoms with Gasteiger partial charge in [0.15, 0.2) is 0 Å². The molecule has 6 heteroatoms. The Kier molecular flexibility index (Phi) is 5.35. The van der Waals surface area contributed by atoms with Crippen molar-refractivity contribution < 1.29 is 8.42 Å². The van der Waals surface area contributed by atoms with E-state index in [0.717, 1.165) is 17.7 Å². The maximum absolute atomic E-state index is 12.2. The number of sulfonamides is 1. The Bertz CT molecular complexity index is 542. The Morgan fingerprint density at radius 2 is 2.05 bits per heavy atom. The lowest BCUT2D eigenvalue weighted by Gasteiger charge is -2.29. The van der Waals surface area contributed by atoms with E-state index in [2.05, 4.69) is 0 Å². The predicted molar refractivity (Wildman–Crippen MR) is 85.3 cm³/mol. The fourth-order valence-corrected chi connectivity index (χ4v) is 4.73. The molecule has 1 aromatic carbocycles. The van der Waals surface area contributed by atoms with Gasteiger partial charge in [-0.05, 0) is 30.9 Å². The van der Waals surface area contributed by atoms with Crippen molar-refractivity contribution in [2.75, 3.05) is 30.8 Å². The second kappa shape index (κ2) is 6.83. The molecule has 0 aromatic heterocycles. The van der Waals surface area contributed by atoms with Crippen LogP contribution in [0, 0.1) is 5.92 Å². The van der Waals surface area contributed by atoms with Crippen molar-refractivity contribution in [3.63, 3.8) is 0 Å². The number of nitrogen functional groups attached to an aromatic ring is 1. The molecule has 0 saturated heterocycles. The summed E-state index contributed by atoms with van der Waals surface area (Å²) in [5.41, 5.74) is 6.55. The van der Waals surface area contributed by atoms with Crippen LogP contribution in [0.1, 0.15) is 19.3 Å². The summed E-state index contributed by atoms with van der Waals surface area (Å²) in [4.78, 5) is 0.948. The molecule has 0 aliphatic heterocycles. The first-order valence-corrected chi connectivity index (χ1v) is 9.50. The number of thioether (sulfide) groups is 1. The van der Waals surface area contributed by atoms with Gasteiger partial charge < -0.3 is 5.73 Å². The molecule has 2 N–H and O–H groups in total. The molecule has 0 bridgehead atoms. The van der Waals surface area contributed by atoms with Crippen LogP contribution in [-0.2, 0) is 10.0 Å². The van der Waals surface area contributed by atoms with E-state index in [9.17, 15) is 8.42 Å². The minimum absolute atomic E-state index is 0.162. The molecule has 1 fully saturated rings. The molecule has 1 aliphatic carbocycles. The fraction of sp³-hybridized carbons (Fsp3) is 0.571. The SMILES string of the molecule is CN(CC1CCC1)S(=O)(=O)CCSc1ccccc1N. The van der Waals surface area contributed by atoms with Gasteiger partial charge >= 0.3 is 0 Å². The lowest BCUT2D eigenvalue weighted by molar-refractivity contribution is 0.263. The van der Waals surface area contributed by atoms with E-state index in [4.69, 9.17) is 5.73 Å². The van der Waals surface area contributed by atoms with Crippen molar-refractivity contribution in [3.05, 3.63) is 24.3 Å². The minimum Gasteiger partial charge on any atom is -0.398 e. The number of nitrogens with two attached hydrogens (primary N) is 1. The molecule has 0 radical (unpaired) electrons. The normalized spacial score (nSPS) is 16.3. The third kappa shape index (κ3) is 4.14. The Morgan fingerprint density at radius 1 is 1.35 bits per heavy atom. The van der Waals surface area contributed by atoms with Crippen molar-refractivity contribution in [3.8, 4) is 0 Å².